The van der Waals surface area contributed by atoms with Crippen molar-refractivity contribution in [3.05, 3.63) is 27.8 Å². The van der Waals surface area contributed by atoms with E-state index < -0.39 is 5.97 Å². The average molecular weight is 277 g/mol. The van der Waals surface area contributed by atoms with Crippen LogP contribution >= 0.6 is 0 Å². The van der Waals surface area contributed by atoms with E-state index in [0.29, 0.717) is 12.0 Å². The van der Waals surface area contributed by atoms with Gasteiger partial charge in [0.1, 0.15) is 24.8 Å². The predicted molar refractivity (Wildman–Crippen MR) is 74.4 cm³/mol. The third-order valence-corrected chi connectivity index (χ3v) is 3.06. The monoisotopic (exact) mass is 277 g/mol. The van der Waals surface area contributed by atoms with Gasteiger partial charge in [-0.1, -0.05) is 19.0 Å². The molecule has 0 saturated heterocycles. The van der Waals surface area contributed by atoms with E-state index in [1.165, 1.54) is 0 Å². The van der Waals surface area contributed by atoms with Crippen molar-refractivity contribution in [1.82, 2.24) is 5.32 Å². The van der Waals surface area contributed by atoms with Crippen molar-refractivity contribution in [2.24, 2.45) is 10.6 Å². The molecule has 1 rings (SSSR count). The number of rotatable bonds is 5. The molecule has 1 aliphatic carbocycles. The summed E-state index contributed by atoms with van der Waals surface area (Å²) in [5, 5.41) is 14.9. The number of hydrogen-bond acceptors (Lipinski definition) is 6. The number of allylic oxidation sites excluding steroid dienone is 3. The van der Waals surface area contributed by atoms with Gasteiger partial charge < -0.3 is 10.1 Å². The summed E-state index contributed by atoms with van der Waals surface area (Å²) in [5.74, 6) is -0.699. The molecule has 0 amide bonds. The van der Waals surface area contributed by atoms with Crippen LogP contribution in [0, 0.1) is 21.7 Å². The molecule has 6 nitrogen and oxygen atoms in total. The van der Waals surface area contributed by atoms with E-state index in [1.54, 1.807) is 0 Å². The molecule has 0 aromatic carbocycles. The van der Waals surface area contributed by atoms with Gasteiger partial charge >= 0.3 is 5.97 Å². The number of ether oxygens (including phenoxy) is 1. The Kier molecular flexibility index (Phi) is 5.44. The minimum atomic E-state index is -0.699. The fraction of sp³-hybridized carbons (Fsp3) is 0.571. The molecule has 0 fully saturated rings. The molecule has 0 bridgehead atoms. The van der Waals surface area contributed by atoms with Gasteiger partial charge in [-0.25, -0.2) is 4.79 Å². The number of nitroso groups, excluding NO2 is 1. The largest absolute Gasteiger partial charge is 0.459 e. The minimum absolute atomic E-state index is 0.00331. The Morgan fingerprint density at radius 2 is 2.25 bits per heavy atom. The fourth-order valence-corrected chi connectivity index (χ4v) is 2.22. The van der Waals surface area contributed by atoms with Crippen molar-refractivity contribution < 1.29 is 9.53 Å². The Labute approximate surface area is 118 Å². The lowest BCUT2D eigenvalue weighted by Gasteiger charge is -2.31. The van der Waals surface area contributed by atoms with E-state index in [9.17, 15) is 15.0 Å². The average Bonchev–Trinajstić information content (AvgIpc) is 2.38. The standard InChI is InChI=1S/C14H19N3O3/c1-14(2)7-10(6-11(8-14)16-3)12(9-15)13(18)20-5-4-17-19/h6,16H,4-5,7-8H2,1-3H3/b12-10+. The summed E-state index contributed by atoms with van der Waals surface area (Å²) >= 11 is 0. The van der Waals surface area contributed by atoms with Crippen LogP contribution in [0.1, 0.15) is 26.7 Å². The first-order valence-corrected chi connectivity index (χ1v) is 6.41. The normalized spacial score (nSPS) is 19.4. The second-order valence-electron chi connectivity index (χ2n) is 5.44. The van der Waals surface area contributed by atoms with Gasteiger partial charge in [0.05, 0.1) is 0 Å². The smallest absolute Gasteiger partial charge is 0.349 e. The summed E-state index contributed by atoms with van der Waals surface area (Å²) in [6, 6.07) is 1.90. The van der Waals surface area contributed by atoms with E-state index in [0.717, 1.165) is 12.1 Å². The quantitative estimate of drug-likeness (QED) is 0.273. The molecule has 0 atom stereocenters. The van der Waals surface area contributed by atoms with Crippen LogP contribution in [-0.2, 0) is 9.53 Å². The summed E-state index contributed by atoms with van der Waals surface area (Å²) in [6.45, 7) is 3.94. The van der Waals surface area contributed by atoms with Crippen molar-refractivity contribution >= 4 is 5.97 Å². The van der Waals surface area contributed by atoms with Crippen LogP contribution in [0.5, 0.6) is 0 Å². The van der Waals surface area contributed by atoms with Crippen molar-refractivity contribution in [2.45, 2.75) is 26.7 Å². The fourth-order valence-electron chi connectivity index (χ4n) is 2.22. The van der Waals surface area contributed by atoms with Crippen molar-refractivity contribution in [2.75, 3.05) is 20.2 Å². The highest BCUT2D eigenvalue weighted by molar-refractivity contribution is 5.94. The molecule has 0 aliphatic heterocycles. The lowest BCUT2D eigenvalue weighted by molar-refractivity contribution is -0.138. The van der Waals surface area contributed by atoms with Crippen molar-refractivity contribution in [3.63, 3.8) is 0 Å². The van der Waals surface area contributed by atoms with Crippen LogP contribution in [0.25, 0.3) is 0 Å². The number of esters is 1. The van der Waals surface area contributed by atoms with Gasteiger partial charge in [0, 0.05) is 12.7 Å². The van der Waals surface area contributed by atoms with Crippen LogP contribution in [-0.4, -0.2) is 26.2 Å². The molecule has 1 aliphatic rings. The molecule has 0 radical (unpaired) electrons. The van der Waals surface area contributed by atoms with Gasteiger partial charge in [-0.05, 0) is 29.9 Å². The molecular formula is C14H19N3O3. The first-order chi connectivity index (χ1) is 9.43. The molecule has 0 unspecified atom stereocenters. The van der Waals surface area contributed by atoms with Crippen LogP contribution in [0.3, 0.4) is 0 Å². The second kappa shape index (κ2) is 6.85. The molecule has 6 heteroatoms. The molecule has 0 heterocycles. The van der Waals surface area contributed by atoms with Crippen LogP contribution in [0.2, 0.25) is 0 Å². The molecule has 20 heavy (non-hydrogen) atoms. The molecule has 108 valence electrons. The highest BCUT2D eigenvalue weighted by Crippen LogP contribution is 2.38. The SMILES string of the molecule is CNC1=C/C(=C(/C#N)C(=O)OCCN=O)CC(C)(C)C1. The summed E-state index contributed by atoms with van der Waals surface area (Å²) in [7, 11) is 1.81. The van der Waals surface area contributed by atoms with E-state index in [2.05, 4.69) is 24.3 Å². The maximum atomic E-state index is 11.9. The van der Waals surface area contributed by atoms with E-state index in [4.69, 9.17) is 4.74 Å². The lowest BCUT2D eigenvalue weighted by atomic mass is 9.76. The highest BCUT2D eigenvalue weighted by Gasteiger charge is 2.28. The molecule has 0 aromatic rings. The third-order valence-electron chi connectivity index (χ3n) is 3.06. The number of nitriles is 1. The Morgan fingerprint density at radius 1 is 1.55 bits per heavy atom. The van der Waals surface area contributed by atoms with Crippen molar-refractivity contribution in [3.8, 4) is 6.07 Å². The Balaban J connectivity index is 3.02. The van der Waals surface area contributed by atoms with Gasteiger partial charge in [-0.2, -0.15) is 10.2 Å². The zero-order valence-electron chi connectivity index (χ0n) is 12.0. The summed E-state index contributed by atoms with van der Waals surface area (Å²) in [5.41, 5.74) is 1.61. The van der Waals surface area contributed by atoms with E-state index >= 15 is 0 Å². The Morgan fingerprint density at radius 3 is 2.80 bits per heavy atom. The van der Waals surface area contributed by atoms with Crippen LogP contribution in [0.15, 0.2) is 28.1 Å². The van der Waals surface area contributed by atoms with Crippen LogP contribution < -0.4 is 5.32 Å². The Hall–Kier alpha value is -2.16. The Bertz CT molecular complexity index is 498. The third kappa shape index (κ3) is 4.19. The highest BCUT2D eigenvalue weighted by atomic mass is 16.5. The number of carbonyl (C=O) groups excluding carboxylic acids is 1. The summed E-state index contributed by atoms with van der Waals surface area (Å²) in [6.07, 6.45) is 3.31. The van der Waals surface area contributed by atoms with Gasteiger partial charge in [-0.15, -0.1) is 0 Å². The van der Waals surface area contributed by atoms with Gasteiger partial charge in [0.25, 0.3) is 0 Å². The number of nitrogens with one attached hydrogen (secondary N) is 1. The molecule has 1 N–H and O–H groups in total. The first-order valence-electron chi connectivity index (χ1n) is 6.41. The first kappa shape index (κ1) is 15.9. The molecular weight excluding hydrogens is 258 g/mol. The van der Waals surface area contributed by atoms with E-state index in [1.807, 2.05) is 19.2 Å². The van der Waals surface area contributed by atoms with Gasteiger partial charge in [0.2, 0.25) is 0 Å². The lowest BCUT2D eigenvalue weighted by Crippen LogP contribution is -2.24. The number of carbonyl (C=O) groups is 1. The second-order valence-corrected chi connectivity index (χ2v) is 5.44. The summed E-state index contributed by atoms with van der Waals surface area (Å²) < 4.78 is 4.86. The maximum Gasteiger partial charge on any atom is 0.349 e. The molecule has 0 aromatic heterocycles. The van der Waals surface area contributed by atoms with E-state index in [-0.39, 0.29) is 24.1 Å². The minimum Gasteiger partial charge on any atom is -0.459 e. The number of hydrogen-bond donors (Lipinski definition) is 1. The van der Waals surface area contributed by atoms with Gasteiger partial charge in [-0.3, -0.25) is 0 Å². The zero-order valence-corrected chi connectivity index (χ0v) is 12.0. The van der Waals surface area contributed by atoms with Crippen LogP contribution in [0.4, 0.5) is 0 Å². The molecule has 0 spiro atoms. The zero-order chi connectivity index (χ0) is 15.2. The van der Waals surface area contributed by atoms with Crippen molar-refractivity contribution in [1.29, 1.82) is 5.26 Å². The predicted octanol–water partition coefficient (Wildman–Crippen LogP) is 2.04. The molecule has 0 saturated carbocycles. The number of nitrogens with zero attached hydrogens (tertiary/aromatic N) is 2. The maximum absolute atomic E-state index is 11.9. The topological polar surface area (TPSA) is 91.6 Å². The van der Waals surface area contributed by atoms with Gasteiger partial charge in [0.15, 0.2) is 0 Å². The summed E-state index contributed by atoms with van der Waals surface area (Å²) in [4.78, 5) is 21.8.